The zero-order chi connectivity index (χ0) is 12.5. The van der Waals surface area contributed by atoms with Crippen molar-refractivity contribution in [3.05, 3.63) is 35.4 Å². The summed E-state index contributed by atoms with van der Waals surface area (Å²) in [5.74, 6) is 0.955. The van der Waals surface area contributed by atoms with Crippen molar-refractivity contribution in [2.24, 2.45) is 0 Å². The summed E-state index contributed by atoms with van der Waals surface area (Å²) in [6.07, 6.45) is 3.24. The summed E-state index contributed by atoms with van der Waals surface area (Å²) in [4.78, 5) is 0. The van der Waals surface area contributed by atoms with Crippen molar-refractivity contribution in [3.63, 3.8) is 0 Å². The molecule has 0 aromatic heterocycles. The van der Waals surface area contributed by atoms with Crippen LogP contribution in [0.4, 0.5) is 0 Å². The molecule has 0 saturated carbocycles. The molecule has 1 aromatic rings. The van der Waals surface area contributed by atoms with Gasteiger partial charge in [0.1, 0.15) is 5.75 Å². The van der Waals surface area contributed by atoms with E-state index in [0.29, 0.717) is 0 Å². The van der Waals surface area contributed by atoms with Gasteiger partial charge in [-0.2, -0.15) is 0 Å². The molecule has 0 aliphatic heterocycles. The first kappa shape index (κ1) is 13.8. The van der Waals surface area contributed by atoms with Crippen LogP contribution < -0.4 is 10.1 Å². The van der Waals surface area contributed by atoms with Gasteiger partial charge in [-0.15, -0.1) is 0 Å². The topological polar surface area (TPSA) is 21.3 Å². The zero-order valence-electron chi connectivity index (χ0n) is 11.1. The molecule has 0 fully saturated rings. The van der Waals surface area contributed by atoms with E-state index in [1.165, 1.54) is 11.1 Å². The van der Waals surface area contributed by atoms with Crippen LogP contribution in [0.2, 0.25) is 0 Å². The Morgan fingerprint density at radius 3 is 2.88 bits per heavy atom. The Morgan fingerprint density at radius 2 is 2.18 bits per heavy atom. The Hall–Kier alpha value is -1.28. The largest absolute Gasteiger partial charge is 0.494 e. The zero-order valence-corrected chi connectivity index (χ0v) is 11.1. The van der Waals surface area contributed by atoms with E-state index in [2.05, 4.69) is 44.3 Å². The van der Waals surface area contributed by atoms with Crippen LogP contribution in [0.15, 0.2) is 29.8 Å². The summed E-state index contributed by atoms with van der Waals surface area (Å²) in [5, 5.41) is 3.32. The number of nitrogens with one attached hydrogen (secondary N) is 1. The highest BCUT2D eigenvalue weighted by atomic mass is 16.5. The fourth-order valence-corrected chi connectivity index (χ4v) is 1.57. The maximum atomic E-state index is 5.61. The van der Waals surface area contributed by atoms with Gasteiger partial charge >= 0.3 is 0 Å². The molecule has 0 atom stereocenters. The molecule has 2 nitrogen and oxygen atoms in total. The van der Waals surface area contributed by atoms with Gasteiger partial charge in [-0.1, -0.05) is 37.6 Å². The third kappa shape index (κ3) is 5.55. The van der Waals surface area contributed by atoms with Gasteiger partial charge in [-0.3, -0.25) is 0 Å². The first-order valence-corrected chi connectivity index (χ1v) is 6.37. The minimum absolute atomic E-state index is 0.781. The van der Waals surface area contributed by atoms with E-state index in [-0.39, 0.29) is 0 Å². The fourth-order valence-electron chi connectivity index (χ4n) is 1.57. The third-order valence-corrected chi connectivity index (χ3v) is 2.40. The van der Waals surface area contributed by atoms with Gasteiger partial charge in [-0.05, 0) is 37.6 Å². The molecule has 0 saturated heterocycles. The smallest absolute Gasteiger partial charge is 0.119 e. The highest BCUT2D eigenvalue weighted by molar-refractivity contribution is 5.54. The lowest BCUT2D eigenvalue weighted by molar-refractivity contribution is 0.317. The van der Waals surface area contributed by atoms with E-state index < -0.39 is 0 Å². The van der Waals surface area contributed by atoms with Crippen molar-refractivity contribution in [2.75, 3.05) is 19.7 Å². The summed E-state index contributed by atoms with van der Waals surface area (Å²) >= 11 is 0. The van der Waals surface area contributed by atoms with Gasteiger partial charge in [0.15, 0.2) is 0 Å². The SMILES string of the molecule is CCCOc1cccc(C=C(C)CNCC)c1. The van der Waals surface area contributed by atoms with Crippen molar-refractivity contribution in [1.29, 1.82) is 0 Å². The molecule has 0 aliphatic carbocycles. The van der Waals surface area contributed by atoms with Gasteiger partial charge in [0.05, 0.1) is 6.61 Å². The number of benzene rings is 1. The third-order valence-electron chi connectivity index (χ3n) is 2.40. The second-order valence-corrected chi connectivity index (χ2v) is 4.19. The van der Waals surface area contributed by atoms with Gasteiger partial charge in [0.25, 0.3) is 0 Å². The van der Waals surface area contributed by atoms with E-state index in [0.717, 1.165) is 31.9 Å². The van der Waals surface area contributed by atoms with Crippen molar-refractivity contribution in [2.45, 2.75) is 27.2 Å². The van der Waals surface area contributed by atoms with Crippen LogP contribution in [-0.4, -0.2) is 19.7 Å². The van der Waals surface area contributed by atoms with Crippen molar-refractivity contribution < 1.29 is 4.74 Å². The molecule has 0 unspecified atom stereocenters. The van der Waals surface area contributed by atoms with Crippen LogP contribution in [0.1, 0.15) is 32.8 Å². The van der Waals surface area contributed by atoms with Crippen molar-refractivity contribution in [1.82, 2.24) is 5.32 Å². The summed E-state index contributed by atoms with van der Waals surface area (Å²) in [6.45, 7) is 9.10. The van der Waals surface area contributed by atoms with Crippen molar-refractivity contribution in [3.8, 4) is 5.75 Å². The summed E-state index contributed by atoms with van der Waals surface area (Å²) < 4.78 is 5.61. The minimum Gasteiger partial charge on any atom is -0.494 e. The molecule has 0 amide bonds. The van der Waals surface area contributed by atoms with E-state index >= 15 is 0 Å². The van der Waals surface area contributed by atoms with Crippen LogP contribution in [0.3, 0.4) is 0 Å². The number of rotatable bonds is 7. The first-order valence-electron chi connectivity index (χ1n) is 6.37. The Kier molecular flexibility index (Phi) is 6.41. The van der Waals surface area contributed by atoms with Crippen molar-refractivity contribution >= 4 is 6.08 Å². The van der Waals surface area contributed by atoms with Gasteiger partial charge in [0.2, 0.25) is 0 Å². The lowest BCUT2D eigenvalue weighted by Gasteiger charge is -2.06. The molecule has 17 heavy (non-hydrogen) atoms. The molecule has 1 rings (SSSR count). The quantitative estimate of drug-likeness (QED) is 0.778. The lowest BCUT2D eigenvalue weighted by Crippen LogP contribution is -2.14. The maximum absolute atomic E-state index is 5.61. The molecule has 0 spiro atoms. The van der Waals surface area contributed by atoms with E-state index in [1.807, 2.05) is 12.1 Å². The van der Waals surface area contributed by atoms with Gasteiger partial charge < -0.3 is 10.1 Å². The molecular formula is C15H23NO. The Morgan fingerprint density at radius 1 is 1.35 bits per heavy atom. The second kappa shape index (κ2) is 7.91. The number of likely N-dealkylation sites (N-methyl/N-ethyl adjacent to an activating group) is 1. The number of hydrogen-bond donors (Lipinski definition) is 1. The van der Waals surface area contributed by atoms with E-state index in [4.69, 9.17) is 4.74 Å². The highest BCUT2D eigenvalue weighted by Gasteiger charge is 1.95. The van der Waals surface area contributed by atoms with Crippen LogP contribution in [0, 0.1) is 0 Å². The van der Waals surface area contributed by atoms with Gasteiger partial charge in [-0.25, -0.2) is 0 Å². The fraction of sp³-hybridized carbons (Fsp3) is 0.467. The van der Waals surface area contributed by atoms with Crippen LogP contribution in [-0.2, 0) is 0 Å². The molecule has 0 bridgehead atoms. The minimum atomic E-state index is 0.781. The Bertz CT molecular complexity index is 358. The molecule has 2 heteroatoms. The van der Waals surface area contributed by atoms with E-state index in [9.17, 15) is 0 Å². The monoisotopic (exact) mass is 233 g/mol. The highest BCUT2D eigenvalue weighted by Crippen LogP contribution is 2.15. The molecular weight excluding hydrogens is 210 g/mol. The average molecular weight is 233 g/mol. The predicted octanol–water partition coefficient (Wildman–Crippen LogP) is 3.49. The summed E-state index contributed by atoms with van der Waals surface area (Å²) in [7, 11) is 0. The molecule has 94 valence electrons. The summed E-state index contributed by atoms with van der Waals surface area (Å²) in [5.41, 5.74) is 2.54. The number of ether oxygens (including phenoxy) is 1. The second-order valence-electron chi connectivity index (χ2n) is 4.19. The first-order chi connectivity index (χ1) is 8.26. The predicted molar refractivity (Wildman–Crippen MR) is 74.4 cm³/mol. The van der Waals surface area contributed by atoms with Gasteiger partial charge in [0, 0.05) is 6.54 Å². The molecule has 0 aliphatic rings. The maximum Gasteiger partial charge on any atom is 0.119 e. The Labute approximate surface area is 105 Å². The van der Waals surface area contributed by atoms with Crippen LogP contribution in [0.25, 0.3) is 6.08 Å². The number of hydrogen-bond acceptors (Lipinski definition) is 2. The lowest BCUT2D eigenvalue weighted by atomic mass is 10.1. The Balaban J connectivity index is 2.64. The summed E-state index contributed by atoms with van der Waals surface area (Å²) in [6, 6.07) is 8.24. The normalized spacial score (nSPS) is 11.6. The molecule has 0 radical (unpaired) electrons. The molecule has 1 aromatic carbocycles. The standard InChI is InChI=1S/C15H23NO/c1-4-9-17-15-8-6-7-14(11-15)10-13(3)12-16-5-2/h6-8,10-11,16H,4-5,9,12H2,1-3H3. The van der Waals surface area contributed by atoms with E-state index in [1.54, 1.807) is 0 Å². The molecule has 1 N–H and O–H groups in total. The average Bonchev–Trinajstić information content (AvgIpc) is 2.34. The molecule has 0 heterocycles. The van der Waals surface area contributed by atoms with Crippen LogP contribution >= 0.6 is 0 Å². The van der Waals surface area contributed by atoms with Crippen LogP contribution in [0.5, 0.6) is 5.75 Å².